The van der Waals surface area contributed by atoms with Crippen molar-refractivity contribution in [3.63, 3.8) is 0 Å². The largest absolute Gasteiger partial charge is 0.384 e. The summed E-state index contributed by atoms with van der Waals surface area (Å²) < 4.78 is 0. The zero-order chi connectivity index (χ0) is 14.1. The van der Waals surface area contributed by atoms with E-state index >= 15 is 0 Å². The lowest BCUT2D eigenvalue weighted by molar-refractivity contribution is 0.0950. The number of halogens is 1. The van der Waals surface area contributed by atoms with E-state index < -0.39 is 0 Å². The lowest BCUT2D eigenvalue weighted by Crippen LogP contribution is -2.33. The van der Waals surface area contributed by atoms with Gasteiger partial charge in [-0.25, -0.2) is 4.98 Å². The molecule has 20 heavy (non-hydrogen) atoms. The fraction of sp³-hybridized carbons (Fsp3) is 0.200. The van der Waals surface area contributed by atoms with E-state index in [1.165, 1.54) is 23.3 Å². The Morgan fingerprint density at radius 1 is 1.40 bits per heavy atom. The van der Waals surface area contributed by atoms with E-state index in [0.29, 0.717) is 18.0 Å². The number of carbonyl (C=O) groups is 1. The maximum absolute atomic E-state index is 12.1. The van der Waals surface area contributed by atoms with Crippen molar-refractivity contribution in [3.05, 3.63) is 58.2 Å². The molecule has 1 aromatic carbocycles. The van der Waals surface area contributed by atoms with Gasteiger partial charge in [0.2, 0.25) is 0 Å². The summed E-state index contributed by atoms with van der Waals surface area (Å²) in [5.41, 5.74) is 8.70. The van der Waals surface area contributed by atoms with Crippen LogP contribution >= 0.6 is 11.6 Å². The quantitative estimate of drug-likeness (QED) is 0.852. The third-order valence-corrected chi connectivity index (χ3v) is 3.74. The van der Waals surface area contributed by atoms with Gasteiger partial charge in [0.25, 0.3) is 5.91 Å². The average molecular weight is 288 g/mol. The molecule has 1 amide bonds. The summed E-state index contributed by atoms with van der Waals surface area (Å²) in [6.07, 6.45) is 1.01. The smallest absolute Gasteiger partial charge is 0.251 e. The van der Waals surface area contributed by atoms with Gasteiger partial charge in [0.1, 0.15) is 11.0 Å². The van der Waals surface area contributed by atoms with E-state index in [0.717, 1.165) is 6.42 Å². The maximum atomic E-state index is 12.1. The number of nitrogens with zero attached hydrogens (tertiary/aromatic N) is 1. The average Bonchev–Trinajstić information content (AvgIpc) is 2.38. The minimum absolute atomic E-state index is 0.176. The summed E-state index contributed by atoms with van der Waals surface area (Å²) in [5, 5.41) is 3.14. The van der Waals surface area contributed by atoms with Crippen LogP contribution in [0.1, 0.15) is 27.4 Å². The number of aromatic nitrogens is 1. The molecule has 1 aromatic heterocycles. The van der Waals surface area contributed by atoms with E-state index in [-0.39, 0.29) is 16.9 Å². The first-order valence-electron chi connectivity index (χ1n) is 6.42. The molecule has 102 valence electrons. The highest BCUT2D eigenvalue weighted by molar-refractivity contribution is 6.29. The molecule has 0 spiro atoms. The van der Waals surface area contributed by atoms with Crippen LogP contribution in [0, 0.1) is 0 Å². The first-order chi connectivity index (χ1) is 9.63. The van der Waals surface area contributed by atoms with E-state index in [4.69, 9.17) is 17.3 Å². The first-order valence-corrected chi connectivity index (χ1v) is 6.80. The fourth-order valence-electron chi connectivity index (χ4n) is 2.51. The standard InChI is InChI=1S/C15H14ClN3O/c16-13-6-10(7-14(17)19-13)15(20)18-8-11-5-9-3-1-2-4-12(9)11/h1-4,6-7,11H,5,8H2,(H2,17,19)(H,18,20). The second kappa shape index (κ2) is 5.13. The van der Waals surface area contributed by atoms with Gasteiger partial charge in [-0.1, -0.05) is 35.9 Å². The lowest BCUT2D eigenvalue weighted by atomic mass is 9.77. The number of nitrogens with one attached hydrogen (secondary N) is 1. The second-order valence-corrected chi connectivity index (χ2v) is 5.30. The van der Waals surface area contributed by atoms with Gasteiger partial charge < -0.3 is 11.1 Å². The number of hydrogen-bond donors (Lipinski definition) is 2. The summed E-state index contributed by atoms with van der Waals surface area (Å²) in [5.74, 6) is 0.465. The number of benzene rings is 1. The highest BCUT2D eigenvalue weighted by atomic mass is 35.5. The van der Waals surface area contributed by atoms with Gasteiger partial charge in [-0.2, -0.15) is 0 Å². The van der Waals surface area contributed by atoms with Crippen LogP contribution in [-0.2, 0) is 6.42 Å². The summed E-state index contributed by atoms with van der Waals surface area (Å²) in [6, 6.07) is 11.3. The van der Waals surface area contributed by atoms with Gasteiger partial charge >= 0.3 is 0 Å². The summed E-state index contributed by atoms with van der Waals surface area (Å²) >= 11 is 5.79. The van der Waals surface area contributed by atoms with Gasteiger partial charge in [0, 0.05) is 18.0 Å². The minimum Gasteiger partial charge on any atom is -0.384 e. The highest BCUT2D eigenvalue weighted by Crippen LogP contribution is 2.34. The van der Waals surface area contributed by atoms with Crippen molar-refractivity contribution < 1.29 is 4.79 Å². The van der Waals surface area contributed by atoms with E-state index in [1.807, 2.05) is 12.1 Å². The Hall–Kier alpha value is -2.07. The van der Waals surface area contributed by atoms with Gasteiger partial charge in [0.15, 0.2) is 0 Å². The number of pyridine rings is 1. The molecule has 1 heterocycles. The summed E-state index contributed by atoms with van der Waals surface area (Å²) in [7, 11) is 0. The van der Waals surface area contributed by atoms with Crippen molar-refractivity contribution in [1.82, 2.24) is 10.3 Å². The molecule has 0 fully saturated rings. The summed E-state index contributed by atoms with van der Waals surface area (Å²) in [4.78, 5) is 15.9. The fourth-order valence-corrected chi connectivity index (χ4v) is 2.73. The zero-order valence-electron chi connectivity index (χ0n) is 10.8. The van der Waals surface area contributed by atoms with Crippen LogP contribution in [-0.4, -0.2) is 17.4 Å². The number of carbonyl (C=O) groups excluding carboxylic acids is 1. The number of hydrogen-bond acceptors (Lipinski definition) is 3. The van der Waals surface area contributed by atoms with Crippen LogP contribution in [0.4, 0.5) is 5.82 Å². The third kappa shape index (κ3) is 2.47. The molecule has 2 aromatic rings. The first kappa shape index (κ1) is 12.9. The zero-order valence-corrected chi connectivity index (χ0v) is 11.5. The van der Waals surface area contributed by atoms with Gasteiger partial charge in [-0.05, 0) is 29.7 Å². The van der Waals surface area contributed by atoms with Crippen molar-refractivity contribution in [2.75, 3.05) is 12.3 Å². The molecule has 1 aliphatic rings. The van der Waals surface area contributed by atoms with Crippen molar-refractivity contribution in [2.45, 2.75) is 12.3 Å². The highest BCUT2D eigenvalue weighted by Gasteiger charge is 2.25. The SMILES string of the molecule is Nc1cc(C(=O)NCC2Cc3ccccc32)cc(Cl)n1. The second-order valence-electron chi connectivity index (χ2n) is 4.91. The Bertz CT molecular complexity index is 652. The third-order valence-electron chi connectivity index (χ3n) is 3.55. The Morgan fingerprint density at radius 2 is 2.20 bits per heavy atom. The Morgan fingerprint density at radius 3 is 2.95 bits per heavy atom. The van der Waals surface area contributed by atoms with Crippen molar-refractivity contribution >= 4 is 23.3 Å². The van der Waals surface area contributed by atoms with Crippen LogP contribution < -0.4 is 11.1 Å². The number of nitrogen functional groups attached to an aromatic ring is 1. The Labute approximate surface area is 122 Å². The van der Waals surface area contributed by atoms with Crippen LogP contribution in [0.3, 0.4) is 0 Å². The van der Waals surface area contributed by atoms with Crippen LogP contribution in [0.2, 0.25) is 5.15 Å². The van der Waals surface area contributed by atoms with Gasteiger partial charge in [-0.3, -0.25) is 4.79 Å². The van der Waals surface area contributed by atoms with Crippen LogP contribution in [0.25, 0.3) is 0 Å². The molecule has 1 atom stereocenters. The van der Waals surface area contributed by atoms with Gasteiger partial charge in [-0.15, -0.1) is 0 Å². The van der Waals surface area contributed by atoms with E-state index in [9.17, 15) is 4.79 Å². The molecule has 5 heteroatoms. The predicted octanol–water partition coefficient (Wildman–Crippen LogP) is 2.39. The Balaban J connectivity index is 1.64. The predicted molar refractivity (Wildman–Crippen MR) is 78.9 cm³/mol. The van der Waals surface area contributed by atoms with Gasteiger partial charge in [0.05, 0.1) is 0 Å². The monoisotopic (exact) mass is 287 g/mol. The lowest BCUT2D eigenvalue weighted by Gasteiger charge is -2.30. The topological polar surface area (TPSA) is 68.0 Å². The van der Waals surface area contributed by atoms with Crippen molar-refractivity contribution in [1.29, 1.82) is 0 Å². The molecule has 3 N–H and O–H groups in total. The number of anilines is 1. The molecule has 0 aliphatic heterocycles. The molecular weight excluding hydrogens is 274 g/mol. The molecule has 3 rings (SSSR count). The molecule has 0 saturated carbocycles. The molecule has 0 radical (unpaired) electrons. The molecule has 1 unspecified atom stereocenters. The minimum atomic E-state index is -0.176. The van der Waals surface area contributed by atoms with Crippen molar-refractivity contribution in [2.24, 2.45) is 0 Å². The number of rotatable bonds is 3. The molecule has 1 aliphatic carbocycles. The Kier molecular flexibility index (Phi) is 3.32. The molecule has 0 bridgehead atoms. The number of fused-ring (bicyclic) bond motifs is 1. The molecule has 4 nitrogen and oxygen atoms in total. The maximum Gasteiger partial charge on any atom is 0.251 e. The van der Waals surface area contributed by atoms with Crippen LogP contribution in [0.15, 0.2) is 36.4 Å². The number of nitrogens with two attached hydrogens (primary N) is 1. The van der Waals surface area contributed by atoms with Crippen LogP contribution in [0.5, 0.6) is 0 Å². The number of amides is 1. The summed E-state index contributed by atoms with van der Waals surface area (Å²) in [6.45, 7) is 0.621. The van der Waals surface area contributed by atoms with E-state index in [2.05, 4.69) is 22.4 Å². The molecular formula is C15H14ClN3O. The normalized spacial score (nSPS) is 16.1. The van der Waals surface area contributed by atoms with E-state index in [1.54, 1.807) is 0 Å². The molecule has 0 saturated heterocycles. The van der Waals surface area contributed by atoms with Crippen molar-refractivity contribution in [3.8, 4) is 0 Å².